The van der Waals surface area contributed by atoms with E-state index in [1.807, 2.05) is 42.6 Å². The maximum Gasteiger partial charge on any atom is 0.232 e. The van der Waals surface area contributed by atoms with Crippen molar-refractivity contribution in [3.05, 3.63) is 52.2 Å². The van der Waals surface area contributed by atoms with Crippen LogP contribution in [0.15, 0.2) is 41.8 Å². The molecule has 2 N–H and O–H groups in total. The highest BCUT2D eigenvalue weighted by atomic mass is 35.5. The van der Waals surface area contributed by atoms with E-state index in [0.29, 0.717) is 12.1 Å². The molecule has 2 aromatic rings. The van der Waals surface area contributed by atoms with E-state index < -0.39 is 5.41 Å². The molecule has 94 valence electrons. The summed E-state index contributed by atoms with van der Waals surface area (Å²) in [7, 11) is 0. The van der Waals surface area contributed by atoms with Gasteiger partial charge in [-0.05, 0) is 54.1 Å². The first-order valence-electron chi connectivity index (χ1n) is 5.61. The minimum Gasteiger partial charge on any atom is -0.399 e. The van der Waals surface area contributed by atoms with Crippen LogP contribution in [0.4, 0.5) is 5.69 Å². The first-order chi connectivity index (χ1) is 8.52. The Bertz CT molecular complexity index is 553. The lowest BCUT2D eigenvalue weighted by Gasteiger charge is -2.25. The lowest BCUT2D eigenvalue weighted by atomic mass is 9.80. The Labute approximate surface area is 115 Å². The Kier molecular flexibility index (Phi) is 3.73. The zero-order valence-corrected chi connectivity index (χ0v) is 11.6. The predicted molar refractivity (Wildman–Crippen MR) is 77.1 cm³/mol. The molecule has 1 aromatic heterocycles. The molecular formula is C14H14ClNOS. The average Bonchev–Trinajstić information content (AvgIpc) is 2.81. The van der Waals surface area contributed by atoms with Gasteiger partial charge in [0.1, 0.15) is 0 Å². The van der Waals surface area contributed by atoms with E-state index >= 15 is 0 Å². The second-order valence-corrected chi connectivity index (χ2v) is 5.86. The summed E-state index contributed by atoms with van der Waals surface area (Å²) in [5.41, 5.74) is 6.54. The summed E-state index contributed by atoms with van der Waals surface area (Å²) in [5.74, 6) is 0. The molecule has 1 atom stereocenters. The van der Waals surface area contributed by atoms with Crippen molar-refractivity contribution in [1.82, 2.24) is 0 Å². The van der Waals surface area contributed by atoms with Crippen LogP contribution in [-0.4, -0.2) is 5.24 Å². The van der Waals surface area contributed by atoms with Gasteiger partial charge < -0.3 is 5.73 Å². The normalized spacial score (nSPS) is 14.1. The van der Waals surface area contributed by atoms with Crippen molar-refractivity contribution in [1.29, 1.82) is 0 Å². The maximum atomic E-state index is 11.8. The molecule has 4 heteroatoms. The molecule has 0 saturated carbocycles. The summed E-state index contributed by atoms with van der Waals surface area (Å²) in [5, 5.41) is 1.63. The van der Waals surface area contributed by atoms with E-state index in [2.05, 4.69) is 0 Å². The summed E-state index contributed by atoms with van der Waals surface area (Å²) in [6, 6.07) is 11.3. The van der Waals surface area contributed by atoms with Crippen LogP contribution in [0.1, 0.15) is 17.4 Å². The van der Waals surface area contributed by atoms with Crippen molar-refractivity contribution in [2.24, 2.45) is 0 Å². The van der Waals surface area contributed by atoms with Gasteiger partial charge in [-0.1, -0.05) is 18.2 Å². The Morgan fingerprint density at radius 3 is 2.72 bits per heavy atom. The van der Waals surface area contributed by atoms with Crippen LogP contribution in [-0.2, 0) is 16.6 Å². The fraction of sp³-hybridized carbons (Fsp3) is 0.214. The topological polar surface area (TPSA) is 43.1 Å². The number of thiophene rings is 1. The highest BCUT2D eigenvalue weighted by molar-refractivity contribution is 7.09. The van der Waals surface area contributed by atoms with Gasteiger partial charge in [-0.2, -0.15) is 0 Å². The van der Waals surface area contributed by atoms with E-state index in [4.69, 9.17) is 17.3 Å². The largest absolute Gasteiger partial charge is 0.399 e. The van der Waals surface area contributed by atoms with E-state index in [-0.39, 0.29) is 5.24 Å². The van der Waals surface area contributed by atoms with Crippen molar-refractivity contribution < 1.29 is 4.79 Å². The van der Waals surface area contributed by atoms with Crippen molar-refractivity contribution in [2.45, 2.75) is 18.8 Å². The molecule has 0 aliphatic rings. The van der Waals surface area contributed by atoms with E-state index in [0.717, 1.165) is 10.4 Å². The molecule has 1 heterocycles. The molecule has 0 spiro atoms. The molecule has 1 unspecified atom stereocenters. The van der Waals surface area contributed by atoms with Crippen LogP contribution in [0.5, 0.6) is 0 Å². The number of halogens is 1. The third-order valence-electron chi connectivity index (χ3n) is 3.07. The van der Waals surface area contributed by atoms with Crippen LogP contribution >= 0.6 is 22.9 Å². The number of carbonyl (C=O) groups is 1. The highest BCUT2D eigenvalue weighted by Gasteiger charge is 2.34. The number of benzene rings is 1. The van der Waals surface area contributed by atoms with Crippen LogP contribution in [0, 0.1) is 0 Å². The average molecular weight is 280 g/mol. The summed E-state index contributed by atoms with van der Waals surface area (Å²) >= 11 is 7.44. The van der Waals surface area contributed by atoms with Gasteiger partial charge in [-0.3, -0.25) is 4.79 Å². The second kappa shape index (κ2) is 5.12. The molecule has 2 nitrogen and oxygen atoms in total. The Morgan fingerprint density at radius 2 is 2.17 bits per heavy atom. The van der Waals surface area contributed by atoms with Crippen molar-refractivity contribution in [3.8, 4) is 0 Å². The number of anilines is 1. The number of nitrogens with two attached hydrogens (primary N) is 1. The van der Waals surface area contributed by atoms with Crippen molar-refractivity contribution in [2.75, 3.05) is 5.73 Å². The van der Waals surface area contributed by atoms with Gasteiger partial charge in [0.25, 0.3) is 0 Å². The Balaban J connectivity index is 2.41. The quantitative estimate of drug-likeness (QED) is 0.686. The molecular weight excluding hydrogens is 266 g/mol. The van der Waals surface area contributed by atoms with Gasteiger partial charge in [0.2, 0.25) is 5.24 Å². The van der Waals surface area contributed by atoms with Crippen LogP contribution in [0.2, 0.25) is 0 Å². The number of rotatable bonds is 4. The Hall–Kier alpha value is -1.32. The van der Waals surface area contributed by atoms with E-state index in [1.54, 1.807) is 17.4 Å². The predicted octanol–water partition coefficient (Wildman–Crippen LogP) is 3.60. The second-order valence-electron chi connectivity index (χ2n) is 4.49. The molecule has 2 rings (SSSR count). The Morgan fingerprint density at radius 1 is 1.39 bits per heavy atom. The first kappa shape index (κ1) is 13.1. The van der Waals surface area contributed by atoms with Gasteiger partial charge in [0.15, 0.2) is 0 Å². The fourth-order valence-corrected chi connectivity index (χ4v) is 2.97. The summed E-state index contributed by atoms with van der Waals surface area (Å²) in [6.07, 6.45) is 0.594. The standard InChI is InChI=1S/C14H14ClNOS/c1-14(13(15)17,9-12-6-3-7-18-12)10-4-2-5-11(16)8-10/h2-8H,9,16H2,1H3. The highest BCUT2D eigenvalue weighted by Crippen LogP contribution is 2.33. The zero-order valence-electron chi connectivity index (χ0n) is 10.0. The van der Waals surface area contributed by atoms with Gasteiger partial charge in [-0.15, -0.1) is 11.3 Å². The smallest absolute Gasteiger partial charge is 0.232 e. The molecule has 0 saturated heterocycles. The van der Waals surface area contributed by atoms with Gasteiger partial charge in [-0.25, -0.2) is 0 Å². The van der Waals surface area contributed by atoms with Crippen molar-refractivity contribution >= 4 is 33.9 Å². The maximum absolute atomic E-state index is 11.8. The van der Waals surface area contributed by atoms with Gasteiger partial charge >= 0.3 is 0 Å². The minimum absolute atomic E-state index is 0.360. The third kappa shape index (κ3) is 2.57. The van der Waals surface area contributed by atoms with Gasteiger partial charge in [0, 0.05) is 10.6 Å². The monoisotopic (exact) mass is 279 g/mol. The fourth-order valence-electron chi connectivity index (χ4n) is 1.93. The first-order valence-corrected chi connectivity index (χ1v) is 6.86. The number of hydrogen-bond donors (Lipinski definition) is 1. The third-order valence-corrected chi connectivity index (χ3v) is 4.36. The zero-order chi connectivity index (χ0) is 13.2. The summed E-state index contributed by atoms with van der Waals surface area (Å²) in [4.78, 5) is 13.0. The number of nitrogen functional groups attached to an aromatic ring is 1. The van der Waals surface area contributed by atoms with Crippen LogP contribution in [0.3, 0.4) is 0 Å². The van der Waals surface area contributed by atoms with Crippen LogP contribution < -0.4 is 5.73 Å². The van der Waals surface area contributed by atoms with Crippen LogP contribution in [0.25, 0.3) is 0 Å². The van der Waals surface area contributed by atoms with Crippen molar-refractivity contribution in [3.63, 3.8) is 0 Å². The number of carbonyl (C=O) groups excluding carboxylic acids is 1. The van der Waals surface area contributed by atoms with E-state index in [9.17, 15) is 4.79 Å². The van der Waals surface area contributed by atoms with Gasteiger partial charge in [0.05, 0.1) is 5.41 Å². The molecule has 0 amide bonds. The summed E-state index contributed by atoms with van der Waals surface area (Å²) < 4.78 is 0. The molecule has 0 aliphatic carbocycles. The lowest BCUT2D eigenvalue weighted by Crippen LogP contribution is -2.31. The lowest BCUT2D eigenvalue weighted by molar-refractivity contribution is -0.116. The molecule has 0 aliphatic heterocycles. The molecule has 0 fully saturated rings. The molecule has 18 heavy (non-hydrogen) atoms. The van der Waals surface area contributed by atoms with E-state index in [1.165, 1.54) is 0 Å². The number of hydrogen-bond acceptors (Lipinski definition) is 3. The summed E-state index contributed by atoms with van der Waals surface area (Å²) in [6.45, 7) is 1.86. The molecule has 0 bridgehead atoms. The molecule has 1 aromatic carbocycles. The molecule has 0 radical (unpaired) electrons. The SMILES string of the molecule is CC(Cc1cccs1)(C(=O)Cl)c1cccc(N)c1. The minimum atomic E-state index is -0.734.